The molecule has 1 saturated heterocycles. The molecule has 0 aromatic rings. The zero-order chi connectivity index (χ0) is 14.1. The molecule has 2 aliphatic rings. The lowest BCUT2D eigenvalue weighted by Crippen LogP contribution is -2.44. The van der Waals surface area contributed by atoms with Crippen molar-refractivity contribution in [2.24, 2.45) is 11.1 Å². The second-order valence-corrected chi connectivity index (χ2v) is 6.65. The highest BCUT2D eigenvalue weighted by Gasteiger charge is 2.52. The third-order valence-corrected chi connectivity index (χ3v) is 4.49. The topological polar surface area (TPSA) is 75.4 Å². The standard InChI is InChI=1S/C14H25N3O2/c1-13(2,10-15)6-5-9-17-11(18)14(16-12(17)19)7-3-4-8-14/h3-10,15H2,1-2H3,(H,16,19). The summed E-state index contributed by atoms with van der Waals surface area (Å²) < 4.78 is 0. The van der Waals surface area contributed by atoms with Crippen LogP contribution in [0.1, 0.15) is 52.4 Å². The number of nitrogens with one attached hydrogen (secondary N) is 1. The zero-order valence-electron chi connectivity index (χ0n) is 12.0. The van der Waals surface area contributed by atoms with Gasteiger partial charge in [0.15, 0.2) is 0 Å². The Hall–Kier alpha value is -1.10. The number of rotatable bonds is 5. The second-order valence-electron chi connectivity index (χ2n) is 6.65. The van der Waals surface area contributed by atoms with E-state index in [2.05, 4.69) is 19.2 Å². The molecule has 1 spiro atoms. The Morgan fingerprint density at radius 2 is 1.95 bits per heavy atom. The fraction of sp³-hybridized carbons (Fsp3) is 0.857. The molecular formula is C14H25N3O2. The number of amides is 3. The van der Waals surface area contributed by atoms with Crippen LogP contribution in [0, 0.1) is 5.41 Å². The van der Waals surface area contributed by atoms with Crippen molar-refractivity contribution >= 4 is 11.9 Å². The van der Waals surface area contributed by atoms with E-state index >= 15 is 0 Å². The molecule has 2 rings (SSSR count). The van der Waals surface area contributed by atoms with Crippen molar-refractivity contribution in [1.29, 1.82) is 0 Å². The van der Waals surface area contributed by atoms with Gasteiger partial charge in [0.1, 0.15) is 5.54 Å². The summed E-state index contributed by atoms with van der Waals surface area (Å²) >= 11 is 0. The summed E-state index contributed by atoms with van der Waals surface area (Å²) in [5.41, 5.74) is 5.19. The highest BCUT2D eigenvalue weighted by molar-refractivity contribution is 6.07. The number of carbonyl (C=O) groups is 2. The zero-order valence-corrected chi connectivity index (χ0v) is 12.0. The van der Waals surface area contributed by atoms with Gasteiger partial charge in [-0.3, -0.25) is 9.69 Å². The number of hydrogen-bond donors (Lipinski definition) is 2. The van der Waals surface area contributed by atoms with Gasteiger partial charge in [-0.25, -0.2) is 4.79 Å². The molecule has 1 aliphatic carbocycles. The molecule has 0 aromatic heterocycles. The maximum atomic E-state index is 12.4. The van der Waals surface area contributed by atoms with Gasteiger partial charge in [0.05, 0.1) is 0 Å². The first-order valence-corrected chi connectivity index (χ1v) is 7.24. The van der Waals surface area contributed by atoms with Crippen LogP contribution in [0.2, 0.25) is 0 Å². The van der Waals surface area contributed by atoms with Gasteiger partial charge in [-0.05, 0) is 37.6 Å². The Balaban J connectivity index is 1.91. The van der Waals surface area contributed by atoms with E-state index in [1.165, 1.54) is 4.90 Å². The van der Waals surface area contributed by atoms with Crippen molar-refractivity contribution in [1.82, 2.24) is 10.2 Å². The molecule has 1 heterocycles. The maximum Gasteiger partial charge on any atom is 0.325 e. The van der Waals surface area contributed by atoms with Gasteiger partial charge in [0.2, 0.25) is 0 Å². The fourth-order valence-electron chi connectivity index (χ4n) is 3.01. The molecule has 0 aromatic carbocycles. The SMILES string of the molecule is CC(C)(CN)CCCN1C(=O)NC2(CCCC2)C1=O. The summed E-state index contributed by atoms with van der Waals surface area (Å²) in [6.07, 6.45) is 5.39. The number of urea groups is 1. The lowest BCUT2D eigenvalue weighted by Gasteiger charge is -2.24. The summed E-state index contributed by atoms with van der Waals surface area (Å²) in [4.78, 5) is 25.7. The summed E-state index contributed by atoms with van der Waals surface area (Å²) in [5.74, 6) is -0.0134. The van der Waals surface area contributed by atoms with Gasteiger partial charge in [-0.1, -0.05) is 26.7 Å². The Labute approximate surface area is 114 Å². The van der Waals surface area contributed by atoms with E-state index < -0.39 is 5.54 Å². The fourth-order valence-corrected chi connectivity index (χ4v) is 3.01. The van der Waals surface area contributed by atoms with Crippen molar-refractivity contribution in [3.8, 4) is 0 Å². The molecule has 5 nitrogen and oxygen atoms in total. The Bertz CT molecular complexity index is 373. The monoisotopic (exact) mass is 267 g/mol. The molecule has 0 bridgehead atoms. The molecule has 1 aliphatic heterocycles. The second kappa shape index (κ2) is 5.12. The Morgan fingerprint density at radius 3 is 2.53 bits per heavy atom. The third-order valence-electron chi connectivity index (χ3n) is 4.49. The molecule has 2 fully saturated rings. The van der Waals surface area contributed by atoms with Gasteiger partial charge in [-0.15, -0.1) is 0 Å². The quantitative estimate of drug-likeness (QED) is 0.743. The van der Waals surface area contributed by atoms with Crippen LogP contribution in [0.5, 0.6) is 0 Å². The van der Waals surface area contributed by atoms with E-state index in [9.17, 15) is 9.59 Å². The van der Waals surface area contributed by atoms with Gasteiger partial charge < -0.3 is 11.1 Å². The molecule has 0 radical (unpaired) electrons. The van der Waals surface area contributed by atoms with Crippen LogP contribution in [0.25, 0.3) is 0 Å². The van der Waals surface area contributed by atoms with Crippen LogP contribution >= 0.6 is 0 Å². The normalized spacial score (nSPS) is 22.4. The predicted molar refractivity (Wildman–Crippen MR) is 73.5 cm³/mol. The minimum absolute atomic E-state index is 0.0134. The number of imide groups is 1. The summed E-state index contributed by atoms with van der Waals surface area (Å²) in [6.45, 7) is 5.35. The average molecular weight is 267 g/mol. The Morgan fingerprint density at radius 1 is 1.32 bits per heavy atom. The van der Waals surface area contributed by atoms with E-state index in [1.807, 2.05) is 0 Å². The molecule has 3 N–H and O–H groups in total. The molecule has 0 atom stereocenters. The lowest BCUT2D eigenvalue weighted by atomic mass is 9.88. The van der Waals surface area contributed by atoms with Gasteiger partial charge >= 0.3 is 6.03 Å². The van der Waals surface area contributed by atoms with Crippen molar-refractivity contribution in [3.63, 3.8) is 0 Å². The van der Waals surface area contributed by atoms with Crippen molar-refractivity contribution in [2.75, 3.05) is 13.1 Å². The van der Waals surface area contributed by atoms with Crippen LogP contribution < -0.4 is 11.1 Å². The first-order valence-electron chi connectivity index (χ1n) is 7.24. The van der Waals surface area contributed by atoms with E-state index in [-0.39, 0.29) is 17.4 Å². The van der Waals surface area contributed by atoms with Crippen LogP contribution in [0.4, 0.5) is 4.79 Å². The van der Waals surface area contributed by atoms with E-state index in [0.717, 1.165) is 38.5 Å². The molecule has 5 heteroatoms. The summed E-state index contributed by atoms with van der Waals surface area (Å²) in [7, 11) is 0. The number of carbonyl (C=O) groups excluding carboxylic acids is 2. The highest BCUT2D eigenvalue weighted by atomic mass is 16.2. The van der Waals surface area contributed by atoms with Gasteiger partial charge in [0.25, 0.3) is 5.91 Å². The van der Waals surface area contributed by atoms with Gasteiger partial charge in [0, 0.05) is 6.54 Å². The lowest BCUT2D eigenvalue weighted by molar-refractivity contribution is -0.131. The third kappa shape index (κ3) is 2.76. The smallest absolute Gasteiger partial charge is 0.325 e. The first kappa shape index (κ1) is 14.3. The van der Waals surface area contributed by atoms with E-state index in [4.69, 9.17) is 5.73 Å². The summed E-state index contributed by atoms with van der Waals surface area (Å²) in [6, 6.07) is -0.211. The largest absolute Gasteiger partial charge is 0.330 e. The Kier molecular flexibility index (Phi) is 3.85. The van der Waals surface area contributed by atoms with Crippen LogP contribution in [0.15, 0.2) is 0 Å². The van der Waals surface area contributed by atoms with Crippen molar-refractivity contribution in [3.05, 3.63) is 0 Å². The maximum absolute atomic E-state index is 12.4. The van der Waals surface area contributed by atoms with E-state index in [0.29, 0.717) is 13.1 Å². The van der Waals surface area contributed by atoms with Crippen molar-refractivity contribution < 1.29 is 9.59 Å². The summed E-state index contributed by atoms with van der Waals surface area (Å²) in [5, 5.41) is 2.90. The first-order chi connectivity index (χ1) is 8.90. The highest BCUT2D eigenvalue weighted by Crippen LogP contribution is 2.35. The van der Waals surface area contributed by atoms with Crippen LogP contribution in [-0.2, 0) is 4.79 Å². The molecule has 19 heavy (non-hydrogen) atoms. The molecule has 1 saturated carbocycles. The number of hydrogen-bond acceptors (Lipinski definition) is 3. The van der Waals surface area contributed by atoms with Gasteiger partial charge in [-0.2, -0.15) is 0 Å². The minimum Gasteiger partial charge on any atom is -0.330 e. The van der Waals surface area contributed by atoms with E-state index in [1.54, 1.807) is 0 Å². The average Bonchev–Trinajstić information content (AvgIpc) is 2.91. The minimum atomic E-state index is -0.569. The van der Waals surface area contributed by atoms with Crippen LogP contribution in [-0.4, -0.2) is 35.5 Å². The number of nitrogens with two attached hydrogens (primary N) is 1. The van der Waals surface area contributed by atoms with Crippen LogP contribution in [0.3, 0.4) is 0 Å². The number of nitrogens with zero attached hydrogens (tertiary/aromatic N) is 1. The van der Waals surface area contributed by atoms with Crippen molar-refractivity contribution in [2.45, 2.75) is 57.9 Å². The molecule has 0 unspecified atom stereocenters. The molecular weight excluding hydrogens is 242 g/mol. The molecule has 3 amide bonds. The molecule has 108 valence electrons. The predicted octanol–water partition coefficient (Wildman–Crippen LogP) is 1.62.